The van der Waals surface area contributed by atoms with Crippen molar-refractivity contribution in [2.75, 3.05) is 0 Å². The van der Waals surface area contributed by atoms with Crippen molar-refractivity contribution < 1.29 is 14.7 Å². The van der Waals surface area contributed by atoms with Crippen molar-refractivity contribution in [1.82, 2.24) is 10.7 Å². The van der Waals surface area contributed by atoms with Crippen LogP contribution in [0.15, 0.2) is 5.10 Å². The number of hydrogen-bond donors (Lipinski definition) is 3. The van der Waals surface area contributed by atoms with E-state index in [1.165, 1.54) is 0 Å². The first-order chi connectivity index (χ1) is 5.18. The zero-order valence-electron chi connectivity index (χ0n) is 5.63. The van der Waals surface area contributed by atoms with Crippen LogP contribution in [0.5, 0.6) is 0 Å². The van der Waals surface area contributed by atoms with Gasteiger partial charge in [0, 0.05) is 12.8 Å². The predicted octanol–water partition coefficient (Wildman–Crippen LogP) is -0.523. The highest BCUT2D eigenvalue weighted by Crippen LogP contribution is 1.96. The summed E-state index contributed by atoms with van der Waals surface area (Å²) in [4.78, 5) is 20.5. The van der Waals surface area contributed by atoms with Crippen molar-refractivity contribution in [2.45, 2.75) is 12.8 Å². The van der Waals surface area contributed by atoms with Crippen molar-refractivity contribution in [3.05, 3.63) is 0 Å². The van der Waals surface area contributed by atoms with E-state index in [9.17, 15) is 9.59 Å². The number of nitrogens with zero attached hydrogens (tertiary/aromatic N) is 1. The summed E-state index contributed by atoms with van der Waals surface area (Å²) in [5.41, 5.74) is 2.16. The fourth-order valence-corrected chi connectivity index (χ4v) is 0.687. The van der Waals surface area contributed by atoms with Gasteiger partial charge in [-0.05, 0) is 0 Å². The van der Waals surface area contributed by atoms with E-state index in [2.05, 4.69) is 15.8 Å². The monoisotopic (exact) mass is 157 g/mol. The molecule has 0 saturated heterocycles. The number of rotatable bonds is 0. The van der Waals surface area contributed by atoms with Crippen LogP contribution in [0.4, 0.5) is 4.79 Å². The number of carboxylic acid groups (broad SMARTS) is 1. The maximum absolute atomic E-state index is 10.5. The van der Waals surface area contributed by atoms with Gasteiger partial charge < -0.3 is 5.11 Å². The van der Waals surface area contributed by atoms with Crippen LogP contribution in [0.25, 0.3) is 0 Å². The normalized spacial score (nSPS) is 16.7. The summed E-state index contributed by atoms with van der Waals surface area (Å²) < 4.78 is 0. The molecule has 1 aliphatic rings. The molecule has 0 bridgehead atoms. The molecule has 0 spiro atoms. The van der Waals surface area contributed by atoms with Gasteiger partial charge in [-0.25, -0.2) is 10.2 Å². The van der Waals surface area contributed by atoms with E-state index >= 15 is 0 Å². The number of amidine groups is 1. The maximum atomic E-state index is 10.5. The topological polar surface area (TPSA) is 90.8 Å². The summed E-state index contributed by atoms with van der Waals surface area (Å²) in [6.07, 6.45) is -0.544. The zero-order chi connectivity index (χ0) is 8.27. The molecule has 6 heteroatoms. The third kappa shape index (κ3) is 2.24. The van der Waals surface area contributed by atoms with Crippen molar-refractivity contribution >= 4 is 17.8 Å². The molecule has 0 aromatic rings. The lowest BCUT2D eigenvalue weighted by Crippen LogP contribution is -2.36. The van der Waals surface area contributed by atoms with Gasteiger partial charge in [0.2, 0.25) is 5.91 Å². The Bertz CT molecular complexity index is 223. The number of amides is 2. The molecular weight excluding hydrogens is 150 g/mol. The third-order valence-electron chi connectivity index (χ3n) is 1.16. The summed E-state index contributed by atoms with van der Waals surface area (Å²) in [6.45, 7) is 0. The molecule has 0 atom stereocenters. The molecule has 6 nitrogen and oxygen atoms in total. The van der Waals surface area contributed by atoms with Gasteiger partial charge in [0.1, 0.15) is 5.84 Å². The van der Waals surface area contributed by atoms with E-state index < -0.39 is 6.09 Å². The van der Waals surface area contributed by atoms with Gasteiger partial charge in [0.25, 0.3) is 0 Å². The maximum Gasteiger partial charge on any atom is 0.410 e. The largest absolute Gasteiger partial charge is 0.465 e. The van der Waals surface area contributed by atoms with Gasteiger partial charge in [0.15, 0.2) is 0 Å². The van der Waals surface area contributed by atoms with Crippen LogP contribution in [-0.2, 0) is 4.79 Å². The van der Waals surface area contributed by atoms with Gasteiger partial charge in [-0.3, -0.25) is 10.1 Å². The molecule has 3 N–H and O–H groups in total. The lowest BCUT2D eigenvalue weighted by Gasteiger charge is -2.10. The molecule has 60 valence electrons. The molecule has 0 aromatic carbocycles. The van der Waals surface area contributed by atoms with Crippen LogP contribution >= 0.6 is 0 Å². The summed E-state index contributed by atoms with van der Waals surface area (Å²) in [5.74, 6) is 0.0815. The van der Waals surface area contributed by atoms with Crippen LogP contribution in [0.3, 0.4) is 0 Å². The first-order valence-corrected chi connectivity index (χ1v) is 3.04. The Morgan fingerprint density at radius 2 is 2.36 bits per heavy atom. The number of carbonyl (C=O) groups is 2. The van der Waals surface area contributed by atoms with Crippen LogP contribution in [0.1, 0.15) is 12.8 Å². The Hall–Kier alpha value is -1.59. The quantitative estimate of drug-likeness (QED) is 0.441. The molecule has 0 fully saturated rings. The van der Waals surface area contributed by atoms with Crippen molar-refractivity contribution in [1.29, 1.82) is 0 Å². The minimum atomic E-state index is -1.17. The minimum absolute atomic E-state index is 0.194. The summed E-state index contributed by atoms with van der Waals surface area (Å²) in [5, 5.41) is 13.8. The minimum Gasteiger partial charge on any atom is -0.465 e. The smallest absolute Gasteiger partial charge is 0.410 e. The fourth-order valence-electron chi connectivity index (χ4n) is 0.687. The Labute approximate surface area is 62.3 Å². The molecule has 0 unspecified atom stereocenters. The Morgan fingerprint density at radius 3 is 2.82 bits per heavy atom. The SMILES string of the molecule is O=C(O)NC1=NNC(=O)CC1. The van der Waals surface area contributed by atoms with Gasteiger partial charge in [-0.15, -0.1) is 0 Å². The van der Waals surface area contributed by atoms with Gasteiger partial charge in [-0.2, -0.15) is 5.10 Å². The lowest BCUT2D eigenvalue weighted by molar-refractivity contribution is -0.121. The van der Waals surface area contributed by atoms with E-state index in [0.29, 0.717) is 6.42 Å². The number of hydrazone groups is 1. The average molecular weight is 157 g/mol. The highest BCUT2D eigenvalue weighted by Gasteiger charge is 2.12. The van der Waals surface area contributed by atoms with Crippen molar-refractivity contribution in [3.8, 4) is 0 Å². The number of hydrogen-bond acceptors (Lipinski definition) is 3. The van der Waals surface area contributed by atoms with E-state index in [1.54, 1.807) is 0 Å². The summed E-state index contributed by atoms with van der Waals surface area (Å²) in [7, 11) is 0. The first-order valence-electron chi connectivity index (χ1n) is 3.04. The molecule has 0 aliphatic carbocycles. The fraction of sp³-hybridized carbons (Fsp3) is 0.400. The summed E-state index contributed by atoms with van der Waals surface area (Å²) in [6, 6.07) is 0. The summed E-state index contributed by atoms with van der Waals surface area (Å²) >= 11 is 0. The molecule has 1 rings (SSSR count). The van der Waals surface area contributed by atoms with E-state index in [-0.39, 0.29) is 18.2 Å². The Kier molecular flexibility index (Phi) is 2.05. The molecule has 2 amide bonds. The zero-order valence-corrected chi connectivity index (χ0v) is 5.63. The van der Waals surface area contributed by atoms with E-state index in [4.69, 9.17) is 5.11 Å². The Balaban J connectivity index is 2.48. The number of nitrogens with one attached hydrogen (secondary N) is 2. The van der Waals surface area contributed by atoms with Crippen molar-refractivity contribution in [3.63, 3.8) is 0 Å². The highest BCUT2D eigenvalue weighted by atomic mass is 16.4. The van der Waals surface area contributed by atoms with Gasteiger partial charge >= 0.3 is 6.09 Å². The van der Waals surface area contributed by atoms with E-state index in [0.717, 1.165) is 0 Å². The second-order valence-corrected chi connectivity index (χ2v) is 2.02. The second kappa shape index (κ2) is 3.00. The van der Waals surface area contributed by atoms with Crippen LogP contribution in [-0.4, -0.2) is 22.9 Å². The first kappa shape index (κ1) is 7.52. The molecule has 0 saturated carbocycles. The van der Waals surface area contributed by atoms with Crippen LogP contribution < -0.4 is 10.7 Å². The van der Waals surface area contributed by atoms with Crippen LogP contribution in [0.2, 0.25) is 0 Å². The average Bonchev–Trinajstić information content (AvgIpc) is 1.93. The Morgan fingerprint density at radius 1 is 1.64 bits per heavy atom. The predicted molar refractivity (Wildman–Crippen MR) is 36.0 cm³/mol. The van der Waals surface area contributed by atoms with Crippen LogP contribution in [0, 0.1) is 0 Å². The van der Waals surface area contributed by atoms with E-state index in [1.807, 2.05) is 0 Å². The van der Waals surface area contributed by atoms with Gasteiger partial charge in [-0.1, -0.05) is 0 Å². The van der Waals surface area contributed by atoms with Crippen molar-refractivity contribution in [2.24, 2.45) is 5.10 Å². The number of carbonyl (C=O) groups excluding carboxylic acids is 1. The molecule has 0 aromatic heterocycles. The second-order valence-electron chi connectivity index (χ2n) is 2.02. The third-order valence-corrected chi connectivity index (χ3v) is 1.16. The van der Waals surface area contributed by atoms with Gasteiger partial charge in [0.05, 0.1) is 0 Å². The molecule has 1 heterocycles. The lowest BCUT2D eigenvalue weighted by atomic mass is 10.2. The molecule has 0 radical (unpaired) electrons. The standard InChI is InChI=1S/C5H7N3O3/c9-4-2-1-3(7-8-4)6-5(10)11/h1-2H2,(H,6,7)(H,8,9)(H,10,11). The molecule has 1 aliphatic heterocycles. The molecular formula is C5H7N3O3. The highest BCUT2D eigenvalue weighted by molar-refractivity contribution is 5.98. The molecule has 11 heavy (non-hydrogen) atoms.